The highest BCUT2D eigenvalue weighted by atomic mass is 16.5. The van der Waals surface area contributed by atoms with Crippen LogP contribution in [0.25, 0.3) is 0 Å². The second-order valence-corrected chi connectivity index (χ2v) is 7.07. The molecule has 0 unspecified atom stereocenters. The number of ether oxygens (including phenoxy) is 1. The summed E-state index contributed by atoms with van der Waals surface area (Å²) >= 11 is 0. The van der Waals surface area contributed by atoms with Crippen LogP contribution in [0.4, 0.5) is 0 Å². The first kappa shape index (κ1) is 18.0. The molecule has 0 aliphatic carbocycles. The predicted molar refractivity (Wildman–Crippen MR) is 93.5 cm³/mol. The largest absolute Gasteiger partial charge is 0.379 e. The van der Waals surface area contributed by atoms with E-state index < -0.39 is 0 Å². The van der Waals surface area contributed by atoms with E-state index in [0.29, 0.717) is 11.8 Å². The third-order valence-corrected chi connectivity index (χ3v) is 4.46. The summed E-state index contributed by atoms with van der Waals surface area (Å²) in [4.78, 5) is 14.8. The van der Waals surface area contributed by atoms with E-state index in [4.69, 9.17) is 4.74 Å². The van der Waals surface area contributed by atoms with Gasteiger partial charge in [0.2, 0.25) is 0 Å². The highest BCUT2D eigenvalue weighted by Crippen LogP contribution is 2.14. The van der Waals surface area contributed by atoms with Crippen LogP contribution in [0.2, 0.25) is 0 Å². The fourth-order valence-electron chi connectivity index (χ4n) is 3.12. The monoisotopic (exact) mass is 318 g/mol. The number of hydrogen-bond acceptors (Lipinski definition) is 3. The molecule has 1 fully saturated rings. The summed E-state index contributed by atoms with van der Waals surface area (Å²) < 4.78 is 5.37. The molecule has 128 valence electrons. The zero-order chi connectivity index (χ0) is 16.8. The Morgan fingerprint density at radius 3 is 2.17 bits per heavy atom. The van der Waals surface area contributed by atoms with Crippen molar-refractivity contribution in [3.05, 3.63) is 35.4 Å². The van der Waals surface area contributed by atoms with Gasteiger partial charge in [-0.1, -0.05) is 39.8 Å². The second kappa shape index (κ2) is 8.46. The topological polar surface area (TPSA) is 41.6 Å². The average Bonchev–Trinajstić information content (AvgIpc) is 2.53. The highest BCUT2D eigenvalue weighted by Gasteiger charge is 2.20. The first-order valence-electron chi connectivity index (χ1n) is 8.67. The van der Waals surface area contributed by atoms with Gasteiger partial charge in [-0.2, -0.15) is 0 Å². The van der Waals surface area contributed by atoms with E-state index in [1.165, 1.54) is 5.56 Å². The molecule has 1 amide bonds. The van der Waals surface area contributed by atoms with E-state index in [9.17, 15) is 4.79 Å². The lowest BCUT2D eigenvalue weighted by atomic mass is 9.93. The second-order valence-electron chi connectivity index (χ2n) is 7.07. The molecule has 2 rings (SSSR count). The highest BCUT2D eigenvalue weighted by molar-refractivity contribution is 5.94. The molecule has 0 saturated carbocycles. The fraction of sp³-hybridized carbons (Fsp3) is 0.632. The van der Waals surface area contributed by atoms with Crippen LogP contribution < -0.4 is 5.32 Å². The molecule has 1 N–H and O–H groups in total. The molecule has 4 nitrogen and oxygen atoms in total. The minimum atomic E-state index is 0.0234. The summed E-state index contributed by atoms with van der Waals surface area (Å²) in [5.41, 5.74) is 1.98. The quantitative estimate of drug-likeness (QED) is 0.877. The Labute approximate surface area is 140 Å². The number of amides is 1. The molecule has 1 saturated heterocycles. The molecule has 23 heavy (non-hydrogen) atoms. The Morgan fingerprint density at radius 1 is 1.09 bits per heavy atom. The van der Waals surface area contributed by atoms with Gasteiger partial charge in [0, 0.05) is 31.2 Å². The van der Waals surface area contributed by atoms with E-state index in [1.54, 1.807) is 0 Å². The standard InChI is InChI=1S/C19H30N2O2/c1-14(2)18(15(3)4)20-19(22)17-7-5-16(6-8-17)13-21-9-11-23-12-10-21/h5-8,14-15,18H,9-13H2,1-4H3,(H,20,22). The molecule has 1 aliphatic heterocycles. The van der Waals surface area contributed by atoms with Gasteiger partial charge in [0.25, 0.3) is 5.91 Å². The van der Waals surface area contributed by atoms with Crippen LogP contribution in [-0.4, -0.2) is 43.2 Å². The summed E-state index contributed by atoms with van der Waals surface area (Å²) in [6.07, 6.45) is 0. The minimum absolute atomic E-state index is 0.0234. The van der Waals surface area contributed by atoms with E-state index in [1.807, 2.05) is 12.1 Å². The van der Waals surface area contributed by atoms with E-state index in [2.05, 4.69) is 50.0 Å². The molecular weight excluding hydrogens is 288 g/mol. The molecule has 0 radical (unpaired) electrons. The first-order valence-corrected chi connectivity index (χ1v) is 8.67. The van der Waals surface area contributed by atoms with Gasteiger partial charge in [-0.25, -0.2) is 0 Å². The van der Waals surface area contributed by atoms with Crippen molar-refractivity contribution in [3.8, 4) is 0 Å². The Balaban J connectivity index is 1.94. The van der Waals surface area contributed by atoms with Gasteiger partial charge < -0.3 is 10.1 Å². The number of morpholine rings is 1. The van der Waals surface area contributed by atoms with Gasteiger partial charge in [0.15, 0.2) is 0 Å². The van der Waals surface area contributed by atoms with Gasteiger partial charge in [-0.15, -0.1) is 0 Å². The summed E-state index contributed by atoms with van der Waals surface area (Å²) in [5, 5.41) is 3.17. The van der Waals surface area contributed by atoms with Crippen LogP contribution in [0.3, 0.4) is 0 Å². The van der Waals surface area contributed by atoms with Crippen LogP contribution in [0, 0.1) is 11.8 Å². The van der Waals surface area contributed by atoms with Crippen molar-refractivity contribution < 1.29 is 9.53 Å². The van der Waals surface area contributed by atoms with Crippen molar-refractivity contribution in [2.45, 2.75) is 40.3 Å². The van der Waals surface area contributed by atoms with E-state index >= 15 is 0 Å². The zero-order valence-electron chi connectivity index (χ0n) is 14.8. The first-order chi connectivity index (χ1) is 11.0. The van der Waals surface area contributed by atoms with Crippen LogP contribution in [0.5, 0.6) is 0 Å². The van der Waals surface area contributed by atoms with Crippen LogP contribution in [0.1, 0.15) is 43.6 Å². The normalized spacial score (nSPS) is 16.3. The lowest BCUT2D eigenvalue weighted by Crippen LogP contribution is -2.42. The molecule has 1 aromatic carbocycles. The van der Waals surface area contributed by atoms with Crippen LogP contribution in [-0.2, 0) is 11.3 Å². The number of nitrogens with one attached hydrogen (secondary N) is 1. The van der Waals surface area contributed by atoms with Crippen LogP contribution in [0.15, 0.2) is 24.3 Å². The number of carbonyl (C=O) groups is 1. The van der Waals surface area contributed by atoms with Crippen LogP contribution >= 0.6 is 0 Å². The minimum Gasteiger partial charge on any atom is -0.379 e. The molecule has 0 atom stereocenters. The smallest absolute Gasteiger partial charge is 0.251 e. The Hall–Kier alpha value is -1.39. The molecule has 1 aromatic rings. The summed E-state index contributed by atoms with van der Waals surface area (Å²) in [6, 6.07) is 8.19. The van der Waals surface area contributed by atoms with Gasteiger partial charge in [0.05, 0.1) is 13.2 Å². The lowest BCUT2D eigenvalue weighted by molar-refractivity contribution is 0.0342. The number of rotatable bonds is 6. The molecule has 1 aliphatic rings. The molecule has 4 heteroatoms. The number of benzene rings is 1. The summed E-state index contributed by atoms with van der Waals surface area (Å²) in [6.45, 7) is 13.1. The van der Waals surface area contributed by atoms with Crippen molar-refractivity contribution in [1.29, 1.82) is 0 Å². The zero-order valence-corrected chi connectivity index (χ0v) is 14.8. The van der Waals surface area contributed by atoms with Crippen molar-refractivity contribution in [3.63, 3.8) is 0 Å². The van der Waals surface area contributed by atoms with Crippen molar-refractivity contribution in [2.24, 2.45) is 11.8 Å². The summed E-state index contributed by atoms with van der Waals surface area (Å²) in [5.74, 6) is 0.884. The molecule has 0 spiro atoms. The predicted octanol–water partition coefficient (Wildman–Crippen LogP) is 2.93. The van der Waals surface area contributed by atoms with Gasteiger partial charge >= 0.3 is 0 Å². The van der Waals surface area contributed by atoms with E-state index in [-0.39, 0.29) is 11.9 Å². The molecular formula is C19H30N2O2. The van der Waals surface area contributed by atoms with Gasteiger partial charge in [-0.3, -0.25) is 9.69 Å². The maximum Gasteiger partial charge on any atom is 0.251 e. The molecule has 0 aromatic heterocycles. The fourth-order valence-corrected chi connectivity index (χ4v) is 3.12. The van der Waals surface area contributed by atoms with E-state index in [0.717, 1.165) is 38.4 Å². The Kier molecular flexibility index (Phi) is 6.60. The molecule has 1 heterocycles. The third kappa shape index (κ3) is 5.33. The van der Waals surface area contributed by atoms with Gasteiger partial charge in [-0.05, 0) is 29.5 Å². The van der Waals surface area contributed by atoms with Crippen molar-refractivity contribution in [2.75, 3.05) is 26.3 Å². The van der Waals surface area contributed by atoms with Crippen molar-refractivity contribution >= 4 is 5.91 Å². The lowest BCUT2D eigenvalue weighted by Gasteiger charge is -2.27. The van der Waals surface area contributed by atoms with Gasteiger partial charge in [0.1, 0.15) is 0 Å². The number of hydrogen-bond donors (Lipinski definition) is 1. The summed E-state index contributed by atoms with van der Waals surface area (Å²) in [7, 11) is 0. The Bertz CT molecular complexity index is 483. The number of nitrogens with zero attached hydrogens (tertiary/aromatic N) is 1. The third-order valence-electron chi connectivity index (χ3n) is 4.46. The maximum absolute atomic E-state index is 12.4. The molecule has 0 bridgehead atoms. The number of carbonyl (C=O) groups excluding carboxylic acids is 1. The maximum atomic E-state index is 12.4. The SMILES string of the molecule is CC(C)C(NC(=O)c1ccc(CN2CCOCC2)cc1)C(C)C. The Morgan fingerprint density at radius 2 is 1.65 bits per heavy atom. The van der Waals surface area contributed by atoms with Crippen molar-refractivity contribution in [1.82, 2.24) is 10.2 Å². The average molecular weight is 318 g/mol.